The minimum absolute atomic E-state index is 0.118. The van der Waals surface area contributed by atoms with Crippen LogP contribution in [0.15, 0.2) is 54.7 Å². The number of carbonyl (C=O) groups is 2. The second kappa shape index (κ2) is 12.6. The summed E-state index contributed by atoms with van der Waals surface area (Å²) in [6, 6.07) is 14.2. The molecule has 1 unspecified atom stereocenters. The second-order valence-electron chi connectivity index (χ2n) is 7.52. The van der Waals surface area contributed by atoms with Crippen molar-refractivity contribution < 1.29 is 38.1 Å². The van der Waals surface area contributed by atoms with Crippen LogP contribution in [-0.4, -0.2) is 83.1 Å². The molecule has 12 nitrogen and oxygen atoms in total. The number of aliphatic hydroxyl groups excluding tert-OH is 1. The summed E-state index contributed by atoms with van der Waals surface area (Å²) in [5.74, 6) is -3.10. The van der Waals surface area contributed by atoms with Gasteiger partial charge in [0.25, 0.3) is 0 Å². The molecule has 0 aliphatic rings. The van der Waals surface area contributed by atoms with Crippen LogP contribution in [0.4, 0.5) is 5.69 Å². The zero-order chi connectivity index (χ0) is 26.0. The van der Waals surface area contributed by atoms with Gasteiger partial charge in [0, 0.05) is 18.8 Å². The average Bonchev–Trinajstić information content (AvgIpc) is 2.78. The first-order chi connectivity index (χ1) is 16.4. The summed E-state index contributed by atoms with van der Waals surface area (Å²) in [7, 11) is -1.42. The number of para-hydroxylation sites is 2. The predicted molar refractivity (Wildman–Crippen MR) is 128 cm³/mol. The van der Waals surface area contributed by atoms with Crippen molar-refractivity contribution in [1.82, 2.24) is 14.9 Å². The number of benzene rings is 2. The van der Waals surface area contributed by atoms with Gasteiger partial charge in [0.05, 0.1) is 29.2 Å². The SMILES string of the molecule is CN(Cc1cnc2ccccc2n1)CC(O)COc1ccc(NS(C)(=O)=O)cc1.O=C(O)C(=O)O. The lowest BCUT2D eigenvalue weighted by molar-refractivity contribution is -0.159. The number of likely N-dealkylation sites (N-methyl/N-ethyl adjacent to an activating group) is 1. The number of aromatic nitrogens is 2. The fourth-order valence-corrected chi connectivity index (χ4v) is 3.42. The number of hydrogen-bond donors (Lipinski definition) is 4. The van der Waals surface area contributed by atoms with Gasteiger partial charge in [-0.2, -0.15) is 0 Å². The van der Waals surface area contributed by atoms with Crippen LogP contribution < -0.4 is 9.46 Å². The maximum atomic E-state index is 11.2. The number of fused-ring (bicyclic) bond motifs is 1. The average molecular weight is 507 g/mol. The minimum atomic E-state index is -3.31. The number of aliphatic carboxylic acids is 2. The van der Waals surface area contributed by atoms with E-state index in [1.165, 1.54) is 0 Å². The summed E-state index contributed by atoms with van der Waals surface area (Å²) in [6.45, 7) is 1.08. The van der Waals surface area contributed by atoms with Gasteiger partial charge < -0.3 is 20.1 Å². The van der Waals surface area contributed by atoms with E-state index in [2.05, 4.69) is 14.7 Å². The first-order valence-electron chi connectivity index (χ1n) is 10.2. The number of nitrogens with one attached hydrogen (secondary N) is 1. The van der Waals surface area contributed by atoms with E-state index >= 15 is 0 Å². The molecule has 13 heteroatoms. The smallest absolute Gasteiger partial charge is 0.414 e. The van der Waals surface area contributed by atoms with Crippen molar-refractivity contribution in [1.29, 1.82) is 0 Å². The zero-order valence-electron chi connectivity index (χ0n) is 19.0. The number of aliphatic hydroxyl groups is 1. The maximum absolute atomic E-state index is 11.2. The van der Waals surface area contributed by atoms with Gasteiger partial charge in [-0.1, -0.05) is 12.1 Å². The van der Waals surface area contributed by atoms with Crippen molar-refractivity contribution >= 4 is 38.7 Å². The fourth-order valence-electron chi connectivity index (χ4n) is 2.85. The normalized spacial score (nSPS) is 11.9. The van der Waals surface area contributed by atoms with Crippen LogP contribution >= 0.6 is 0 Å². The van der Waals surface area contributed by atoms with Gasteiger partial charge in [-0.05, 0) is 43.4 Å². The Hall–Kier alpha value is -3.81. The predicted octanol–water partition coefficient (Wildman–Crippen LogP) is 1.03. The van der Waals surface area contributed by atoms with Crippen LogP contribution in [0.1, 0.15) is 5.69 Å². The van der Waals surface area contributed by atoms with E-state index in [0.717, 1.165) is 23.0 Å². The number of nitrogens with zero attached hydrogens (tertiary/aromatic N) is 3. The van der Waals surface area contributed by atoms with Gasteiger partial charge in [-0.3, -0.25) is 14.6 Å². The Labute approximate surface area is 201 Å². The van der Waals surface area contributed by atoms with E-state index in [1.54, 1.807) is 30.5 Å². The van der Waals surface area contributed by atoms with Crippen molar-refractivity contribution in [2.45, 2.75) is 12.6 Å². The number of carboxylic acid groups (broad SMARTS) is 2. The van der Waals surface area contributed by atoms with E-state index in [0.29, 0.717) is 24.5 Å². The molecule has 0 spiro atoms. The summed E-state index contributed by atoms with van der Waals surface area (Å²) < 4.78 is 30.4. The molecule has 0 fully saturated rings. The van der Waals surface area contributed by atoms with Crippen molar-refractivity contribution in [3.05, 3.63) is 60.4 Å². The summed E-state index contributed by atoms with van der Waals surface area (Å²) in [6.07, 6.45) is 2.14. The Morgan fingerprint density at radius 1 is 1.06 bits per heavy atom. The van der Waals surface area contributed by atoms with Crippen LogP contribution in [0.25, 0.3) is 11.0 Å². The molecule has 0 radical (unpaired) electrons. The molecule has 0 aliphatic carbocycles. The third-order valence-corrected chi connectivity index (χ3v) is 4.84. The van der Waals surface area contributed by atoms with Gasteiger partial charge in [-0.25, -0.2) is 23.0 Å². The van der Waals surface area contributed by atoms with Gasteiger partial charge in [-0.15, -0.1) is 0 Å². The molecule has 1 heterocycles. The summed E-state index contributed by atoms with van der Waals surface area (Å²) >= 11 is 0. The third kappa shape index (κ3) is 10.3. The molecule has 0 saturated heterocycles. The first-order valence-corrected chi connectivity index (χ1v) is 12.1. The lowest BCUT2D eigenvalue weighted by Crippen LogP contribution is -2.33. The highest BCUT2D eigenvalue weighted by molar-refractivity contribution is 7.92. The Balaban J connectivity index is 0.000000641. The topological polar surface area (TPSA) is 179 Å². The van der Waals surface area contributed by atoms with Crippen LogP contribution in [0, 0.1) is 0 Å². The molecule has 0 saturated carbocycles. The molecule has 3 rings (SSSR count). The summed E-state index contributed by atoms with van der Waals surface area (Å²) in [4.78, 5) is 29.1. The van der Waals surface area contributed by atoms with Gasteiger partial charge in [0.1, 0.15) is 18.5 Å². The summed E-state index contributed by atoms with van der Waals surface area (Å²) in [5, 5.41) is 25.0. The monoisotopic (exact) mass is 506 g/mol. The van der Waals surface area contributed by atoms with E-state index < -0.39 is 28.1 Å². The number of carboxylic acids is 2. The quantitative estimate of drug-likeness (QED) is 0.304. The van der Waals surface area contributed by atoms with Crippen LogP contribution in [0.3, 0.4) is 0 Å². The lowest BCUT2D eigenvalue weighted by atomic mass is 10.3. The van der Waals surface area contributed by atoms with Gasteiger partial charge in [0.15, 0.2) is 0 Å². The molecule has 0 amide bonds. The molecule has 3 aromatic rings. The van der Waals surface area contributed by atoms with E-state index in [9.17, 15) is 13.5 Å². The molecule has 188 valence electrons. The Morgan fingerprint density at radius 3 is 2.23 bits per heavy atom. The molecular weight excluding hydrogens is 480 g/mol. The Kier molecular flexibility index (Phi) is 9.87. The number of rotatable bonds is 9. The molecule has 35 heavy (non-hydrogen) atoms. The van der Waals surface area contributed by atoms with Gasteiger partial charge in [0.2, 0.25) is 10.0 Å². The fraction of sp³-hybridized carbons (Fsp3) is 0.273. The highest BCUT2D eigenvalue weighted by Crippen LogP contribution is 2.17. The third-order valence-electron chi connectivity index (χ3n) is 4.24. The number of anilines is 1. The van der Waals surface area contributed by atoms with Gasteiger partial charge >= 0.3 is 11.9 Å². The molecule has 0 bridgehead atoms. The Bertz CT molecular complexity index is 1240. The number of sulfonamides is 1. The first kappa shape index (κ1) is 27.4. The van der Waals surface area contributed by atoms with Crippen molar-refractivity contribution in [2.75, 3.05) is 31.2 Å². The van der Waals surface area contributed by atoms with Crippen molar-refractivity contribution in [3.8, 4) is 5.75 Å². The second-order valence-corrected chi connectivity index (χ2v) is 9.27. The molecule has 0 aliphatic heterocycles. The van der Waals surface area contributed by atoms with E-state index in [-0.39, 0.29) is 6.61 Å². The highest BCUT2D eigenvalue weighted by Gasteiger charge is 2.11. The molecule has 4 N–H and O–H groups in total. The Morgan fingerprint density at radius 2 is 1.66 bits per heavy atom. The summed E-state index contributed by atoms with van der Waals surface area (Å²) in [5.41, 5.74) is 2.98. The van der Waals surface area contributed by atoms with E-state index in [1.807, 2.05) is 36.2 Å². The largest absolute Gasteiger partial charge is 0.491 e. The number of hydrogen-bond acceptors (Lipinski definition) is 9. The van der Waals surface area contributed by atoms with E-state index in [4.69, 9.17) is 24.5 Å². The lowest BCUT2D eigenvalue weighted by Gasteiger charge is -2.20. The van der Waals surface area contributed by atoms with Crippen LogP contribution in [0.2, 0.25) is 0 Å². The standard InChI is InChI=1S/C20H24N4O4S.C2H2O4/c1-24(12-16-11-21-19-5-3-4-6-20(19)22-16)13-17(25)14-28-18-9-7-15(8-10-18)23-29(2,26)27;3-1(4)2(5)6/h3-11,17,23,25H,12-14H2,1-2H3;(H,3,4)(H,5,6). The van der Waals surface area contributed by atoms with Crippen LogP contribution in [0.5, 0.6) is 5.75 Å². The molecule has 1 aromatic heterocycles. The maximum Gasteiger partial charge on any atom is 0.414 e. The van der Waals surface area contributed by atoms with Crippen molar-refractivity contribution in [3.63, 3.8) is 0 Å². The molecule has 1 atom stereocenters. The van der Waals surface area contributed by atoms with Crippen LogP contribution in [-0.2, 0) is 26.2 Å². The number of ether oxygens (including phenoxy) is 1. The minimum Gasteiger partial charge on any atom is -0.491 e. The zero-order valence-corrected chi connectivity index (χ0v) is 19.8. The molecule has 2 aromatic carbocycles. The highest BCUT2D eigenvalue weighted by atomic mass is 32.2. The van der Waals surface area contributed by atoms with Crippen molar-refractivity contribution in [2.24, 2.45) is 0 Å². The molecular formula is C22H26N4O8S.